The summed E-state index contributed by atoms with van der Waals surface area (Å²) in [5.41, 5.74) is 1.96. The highest BCUT2D eigenvalue weighted by atomic mass is 127. The molecule has 0 saturated heterocycles. The van der Waals surface area contributed by atoms with Gasteiger partial charge in [0.2, 0.25) is 0 Å². The van der Waals surface area contributed by atoms with Gasteiger partial charge < -0.3 is 24.8 Å². The third kappa shape index (κ3) is 6.52. The molecule has 3 aromatic rings. The first kappa shape index (κ1) is 22.2. The van der Waals surface area contributed by atoms with Gasteiger partial charge in [-0.1, -0.05) is 0 Å². The van der Waals surface area contributed by atoms with E-state index in [4.69, 9.17) is 9.15 Å². The molecule has 0 amide bonds. The lowest BCUT2D eigenvalue weighted by atomic mass is 10.1. The highest BCUT2D eigenvalue weighted by Gasteiger charge is 2.06. The van der Waals surface area contributed by atoms with E-state index in [0.29, 0.717) is 19.7 Å². The minimum Gasteiger partial charge on any atom is -0.469 e. The van der Waals surface area contributed by atoms with Crippen molar-refractivity contribution in [3.8, 4) is 0 Å². The average molecular weight is 500 g/mol. The number of aromatic amines is 1. The number of nitrogens with zero attached hydrogens (tertiary/aromatic N) is 1. The van der Waals surface area contributed by atoms with Gasteiger partial charge in [-0.3, -0.25) is 4.99 Å². The Hall–Kier alpha value is -2.07. The zero-order chi connectivity index (χ0) is 18.9. The van der Waals surface area contributed by atoms with Crippen LogP contribution in [-0.2, 0) is 17.6 Å². The third-order valence-electron chi connectivity index (χ3n) is 4.23. The van der Waals surface area contributed by atoms with Gasteiger partial charge in [0.05, 0.1) is 19.4 Å². The van der Waals surface area contributed by atoms with Crippen molar-refractivity contribution in [2.45, 2.75) is 12.8 Å². The van der Waals surface area contributed by atoms with E-state index in [0.717, 1.165) is 47.6 Å². The van der Waals surface area contributed by atoms with Crippen LogP contribution < -0.4 is 10.6 Å². The molecule has 8 heteroatoms. The van der Waals surface area contributed by atoms with Crippen molar-refractivity contribution >= 4 is 40.8 Å². The van der Waals surface area contributed by atoms with Gasteiger partial charge in [-0.2, -0.15) is 0 Å². The fourth-order valence-electron chi connectivity index (χ4n) is 2.86. The van der Waals surface area contributed by atoms with Crippen LogP contribution in [0.1, 0.15) is 11.3 Å². The summed E-state index contributed by atoms with van der Waals surface area (Å²) >= 11 is 0. The quantitative estimate of drug-likeness (QED) is 0.182. The molecule has 152 valence electrons. The predicted octanol–water partition coefficient (Wildman–Crippen LogP) is 3.48. The van der Waals surface area contributed by atoms with E-state index < -0.39 is 0 Å². The summed E-state index contributed by atoms with van der Waals surface area (Å²) < 4.78 is 23.7. The van der Waals surface area contributed by atoms with Gasteiger partial charge in [-0.25, -0.2) is 4.39 Å². The van der Waals surface area contributed by atoms with Crippen LogP contribution in [0.2, 0.25) is 0 Å². The first-order valence-corrected chi connectivity index (χ1v) is 9.05. The normalized spacial score (nSPS) is 11.4. The molecular weight excluding hydrogens is 474 g/mol. The first-order valence-electron chi connectivity index (χ1n) is 9.05. The van der Waals surface area contributed by atoms with E-state index in [2.05, 4.69) is 20.6 Å². The molecule has 0 bridgehead atoms. The van der Waals surface area contributed by atoms with Gasteiger partial charge in [0.1, 0.15) is 11.6 Å². The van der Waals surface area contributed by atoms with Crippen molar-refractivity contribution in [2.24, 2.45) is 4.99 Å². The van der Waals surface area contributed by atoms with Crippen LogP contribution in [0.3, 0.4) is 0 Å². The van der Waals surface area contributed by atoms with Crippen LogP contribution in [0, 0.1) is 5.82 Å². The Kier molecular flexibility index (Phi) is 9.29. The van der Waals surface area contributed by atoms with Crippen molar-refractivity contribution in [2.75, 3.05) is 33.4 Å². The maximum atomic E-state index is 13.3. The molecular formula is C20H26FIN4O2. The number of furan rings is 1. The number of nitrogens with one attached hydrogen (secondary N) is 3. The fraction of sp³-hybridized carbons (Fsp3) is 0.350. The number of hydrogen-bond donors (Lipinski definition) is 3. The Labute approximate surface area is 181 Å². The summed E-state index contributed by atoms with van der Waals surface area (Å²) in [4.78, 5) is 7.62. The number of halogens is 2. The summed E-state index contributed by atoms with van der Waals surface area (Å²) in [7, 11) is 1.66. The smallest absolute Gasteiger partial charge is 0.191 e. The molecule has 3 rings (SSSR count). The topological polar surface area (TPSA) is 74.6 Å². The Morgan fingerprint density at radius 1 is 1.21 bits per heavy atom. The fourth-order valence-corrected chi connectivity index (χ4v) is 2.86. The van der Waals surface area contributed by atoms with Crippen molar-refractivity contribution in [1.82, 2.24) is 15.6 Å². The monoisotopic (exact) mass is 500 g/mol. The summed E-state index contributed by atoms with van der Waals surface area (Å²) in [6, 6.07) is 8.65. The van der Waals surface area contributed by atoms with Crippen molar-refractivity contribution in [3.05, 3.63) is 59.9 Å². The number of benzene rings is 1. The second kappa shape index (κ2) is 11.7. The van der Waals surface area contributed by atoms with Gasteiger partial charge >= 0.3 is 0 Å². The number of guanidine groups is 1. The van der Waals surface area contributed by atoms with Gasteiger partial charge in [0, 0.05) is 43.7 Å². The summed E-state index contributed by atoms with van der Waals surface area (Å²) in [6.07, 6.45) is 5.19. The molecule has 2 heterocycles. The number of rotatable bonds is 9. The van der Waals surface area contributed by atoms with Crippen molar-refractivity contribution in [3.63, 3.8) is 0 Å². The number of aliphatic imine (C=N–C) groups is 1. The third-order valence-corrected chi connectivity index (χ3v) is 4.23. The van der Waals surface area contributed by atoms with Gasteiger partial charge in [-0.15, -0.1) is 24.0 Å². The van der Waals surface area contributed by atoms with E-state index in [1.165, 1.54) is 12.1 Å². The molecule has 0 radical (unpaired) electrons. The van der Waals surface area contributed by atoms with Crippen LogP contribution in [0.15, 0.2) is 52.2 Å². The number of hydrogen-bond acceptors (Lipinski definition) is 3. The highest BCUT2D eigenvalue weighted by Crippen LogP contribution is 2.19. The number of H-pyrrole nitrogens is 1. The standard InChI is InChI=1S/C20H25FN4O2.HI/c1-26-12-10-24-20(23-9-7-17-3-2-11-27-17)22-8-6-15-14-25-19-13-16(21)4-5-18(15)19;/h2-5,11,13-14,25H,6-10,12H2,1H3,(H2,22,23,24);1H. The molecule has 28 heavy (non-hydrogen) atoms. The number of methoxy groups -OCH3 is 1. The number of fused-ring (bicyclic) bond motifs is 1. The Morgan fingerprint density at radius 2 is 2.04 bits per heavy atom. The zero-order valence-corrected chi connectivity index (χ0v) is 18.2. The first-order chi connectivity index (χ1) is 13.3. The Bertz CT molecular complexity index is 864. The van der Waals surface area contributed by atoms with E-state index in [9.17, 15) is 4.39 Å². The summed E-state index contributed by atoms with van der Waals surface area (Å²) in [5, 5.41) is 7.69. The highest BCUT2D eigenvalue weighted by molar-refractivity contribution is 14.0. The van der Waals surface area contributed by atoms with E-state index >= 15 is 0 Å². The van der Waals surface area contributed by atoms with Gasteiger partial charge in [-0.05, 0) is 42.3 Å². The Morgan fingerprint density at radius 3 is 2.79 bits per heavy atom. The molecule has 0 aliphatic rings. The molecule has 0 aliphatic heterocycles. The molecule has 0 saturated carbocycles. The molecule has 0 aliphatic carbocycles. The summed E-state index contributed by atoms with van der Waals surface area (Å²) in [6.45, 7) is 2.58. The van der Waals surface area contributed by atoms with Crippen LogP contribution >= 0.6 is 24.0 Å². The van der Waals surface area contributed by atoms with E-state index in [-0.39, 0.29) is 29.8 Å². The van der Waals surface area contributed by atoms with Crippen LogP contribution in [-0.4, -0.2) is 44.3 Å². The molecule has 3 N–H and O–H groups in total. The lowest BCUT2D eigenvalue weighted by molar-refractivity contribution is 0.208. The molecule has 0 unspecified atom stereocenters. The van der Waals surface area contributed by atoms with Crippen LogP contribution in [0.4, 0.5) is 4.39 Å². The van der Waals surface area contributed by atoms with Crippen molar-refractivity contribution in [1.29, 1.82) is 0 Å². The molecule has 0 spiro atoms. The van der Waals surface area contributed by atoms with E-state index in [1.807, 2.05) is 24.4 Å². The minimum atomic E-state index is -0.234. The predicted molar refractivity (Wildman–Crippen MR) is 120 cm³/mol. The number of ether oxygens (including phenoxy) is 1. The SMILES string of the molecule is COCCN=C(NCCc1ccco1)NCCc1c[nH]c2cc(F)ccc12.I. The van der Waals surface area contributed by atoms with Gasteiger partial charge in [0.25, 0.3) is 0 Å². The number of aromatic nitrogens is 1. The maximum absolute atomic E-state index is 13.3. The second-order valence-electron chi connectivity index (χ2n) is 6.16. The molecule has 0 atom stereocenters. The zero-order valence-electron chi connectivity index (χ0n) is 15.8. The lowest BCUT2D eigenvalue weighted by Gasteiger charge is -2.12. The summed E-state index contributed by atoms with van der Waals surface area (Å²) in [5.74, 6) is 1.44. The molecule has 2 aromatic heterocycles. The Balaban J connectivity index is 0.00000280. The van der Waals surface area contributed by atoms with Crippen molar-refractivity contribution < 1.29 is 13.5 Å². The maximum Gasteiger partial charge on any atom is 0.191 e. The van der Waals surface area contributed by atoms with E-state index in [1.54, 1.807) is 13.4 Å². The van der Waals surface area contributed by atoms with Crippen LogP contribution in [0.5, 0.6) is 0 Å². The van der Waals surface area contributed by atoms with Crippen LogP contribution in [0.25, 0.3) is 10.9 Å². The lowest BCUT2D eigenvalue weighted by Crippen LogP contribution is -2.39. The minimum absolute atomic E-state index is 0. The molecule has 0 fully saturated rings. The average Bonchev–Trinajstić information content (AvgIpc) is 3.31. The second-order valence-corrected chi connectivity index (χ2v) is 6.16. The van der Waals surface area contributed by atoms with Gasteiger partial charge in [0.15, 0.2) is 5.96 Å². The molecule has 6 nitrogen and oxygen atoms in total. The largest absolute Gasteiger partial charge is 0.469 e. The molecule has 1 aromatic carbocycles.